The van der Waals surface area contributed by atoms with Crippen molar-refractivity contribution in [3.05, 3.63) is 0 Å². The first-order chi connectivity index (χ1) is 6.15. The van der Waals surface area contributed by atoms with Gasteiger partial charge in [-0.15, -0.1) is 24.2 Å². The van der Waals surface area contributed by atoms with E-state index in [0.717, 1.165) is 5.04 Å². The molecule has 0 fully saturated rings. The standard InChI is InChI=1S/C8H14N2O2S.ClH/c1-3-12-8(11)6-4-13-7(10-6)5(2)9;/h5-6H,3-4,9H2,1-2H3;1H. The summed E-state index contributed by atoms with van der Waals surface area (Å²) in [7, 11) is 0. The summed E-state index contributed by atoms with van der Waals surface area (Å²) in [6.45, 7) is 4.05. The fourth-order valence-corrected chi connectivity index (χ4v) is 2.00. The molecule has 0 aliphatic carbocycles. The Hall–Kier alpha value is -0.260. The highest BCUT2D eigenvalue weighted by Gasteiger charge is 2.27. The van der Waals surface area contributed by atoms with Crippen molar-refractivity contribution in [3.63, 3.8) is 0 Å². The van der Waals surface area contributed by atoms with Crippen LogP contribution >= 0.6 is 24.2 Å². The average Bonchev–Trinajstić information content (AvgIpc) is 2.52. The van der Waals surface area contributed by atoms with Gasteiger partial charge in [0.25, 0.3) is 0 Å². The van der Waals surface area contributed by atoms with Crippen molar-refractivity contribution in [3.8, 4) is 0 Å². The van der Waals surface area contributed by atoms with Crippen LogP contribution in [0.1, 0.15) is 13.8 Å². The van der Waals surface area contributed by atoms with Crippen molar-refractivity contribution in [1.29, 1.82) is 0 Å². The van der Waals surface area contributed by atoms with Crippen molar-refractivity contribution in [1.82, 2.24) is 0 Å². The van der Waals surface area contributed by atoms with Crippen molar-refractivity contribution in [2.45, 2.75) is 25.9 Å². The molecule has 2 atom stereocenters. The van der Waals surface area contributed by atoms with Crippen molar-refractivity contribution in [2.75, 3.05) is 12.4 Å². The molecule has 0 saturated carbocycles. The van der Waals surface area contributed by atoms with Gasteiger partial charge in [-0.1, -0.05) is 0 Å². The van der Waals surface area contributed by atoms with Crippen LogP contribution in [0.4, 0.5) is 0 Å². The van der Waals surface area contributed by atoms with Gasteiger partial charge in [0, 0.05) is 11.8 Å². The molecule has 0 aromatic carbocycles. The number of thioether (sulfide) groups is 1. The number of rotatable bonds is 3. The zero-order valence-electron chi connectivity index (χ0n) is 8.23. The molecule has 82 valence electrons. The number of hydrogen-bond acceptors (Lipinski definition) is 5. The maximum Gasteiger partial charge on any atom is 0.331 e. The number of hydrogen-bond donors (Lipinski definition) is 1. The van der Waals surface area contributed by atoms with Gasteiger partial charge in [-0.3, -0.25) is 4.99 Å². The second-order valence-corrected chi connectivity index (χ2v) is 3.88. The fourth-order valence-electron chi connectivity index (χ4n) is 1.00. The summed E-state index contributed by atoms with van der Waals surface area (Å²) < 4.78 is 4.85. The molecular weight excluding hydrogens is 224 g/mol. The molecule has 2 N–H and O–H groups in total. The van der Waals surface area contributed by atoms with Gasteiger partial charge in [0.1, 0.15) is 0 Å². The van der Waals surface area contributed by atoms with Gasteiger partial charge in [0.05, 0.1) is 11.7 Å². The number of esters is 1. The Morgan fingerprint density at radius 1 is 1.86 bits per heavy atom. The molecule has 0 bridgehead atoms. The smallest absolute Gasteiger partial charge is 0.331 e. The summed E-state index contributed by atoms with van der Waals surface area (Å²) in [5.41, 5.74) is 5.63. The van der Waals surface area contributed by atoms with Gasteiger partial charge in [0.15, 0.2) is 6.04 Å². The Morgan fingerprint density at radius 3 is 2.93 bits per heavy atom. The normalized spacial score (nSPS) is 22.2. The van der Waals surface area contributed by atoms with Crippen molar-refractivity contribution >= 4 is 35.2 Å². The zero-order chi connectivity index (χ0) is 9.84. The third kappa shape index (κ3) is 3.48. The lowest BCUT2D eigenvalue weighted by molar-refractivity contribution is -0.143. The quantitative estimate of drug-likeness (QED) is 0.740. The van der Waals surface area contributed by atoms with E-state index in [1.165, 1.54) is 11.8 Å². The second kappa shape index (κ2) is 6.27. The van der Waals surface area contributed by atoms with Gasteiger partial charge < -0.3 is 10.5 Å². The predicted octanol–water partition coefficient (Wildman–Crippen LogP) is 0.832. The summed E-state index contributed by atoms with van der Waals surface area (Å²) in [5.74, 6) is 0.418. The number of carbonyl (C=O) groups is 1. The number of ether oxygens (including phenoxy) is 1. The molecule has 0 saturated heterocycles. The summed E-state index contributed by atoms with van der Waals surface area (Å²) in [5, 5.41) is 0.845. The van der Waals surface area contributed by atoms with E-state index in [9.17, 15) is 4.79 Å². The van der Waals surface area contributed by atoms with Crippen molar-refractivity contribution < 1.29 is 9.53 Å². The maximum absolute atomic E-state index is 11.2. The minimum atomic E-state index is -0.342. The molecular formula is C8H15ClN2O2S. The Balaban J connectivity index is 0.00000169. The molecule has 0 aromatic heterocycles. The molecule has 4 nitrogen and oxygen atoms in total. The van der Waals surface area contributed by atoms with Crippen LogP contribution in [0.25, 0.3) is 0 Å². The Morgan fingerprint density at radius 2 is 2.50 bits per heavy atom. The van der Waals surface area contributed by atoms with Crippen LogP contribution in [0.2, 0.25) is 0 Å². The number of nitrogens with two attached hydrogens (primary N) is 1. The van der Waals surface area contributed by atoms with E-state index in [1.54, 1.807) is 6.92 Å². The SMILES string of the molecule is CCOC(=O)C1CSC(C(C)N)=N1.Cl. The van der Waals surface area contributed by atoms with Gasteiger partial charge in [-0.25, -0.2) is 4.79 Å². The summed E-state index contributed by atoms with van der Waals surface area (Å²) in [4.78, 5) is 15.4. The minimum Gasteiger partial charge on any atom is -0.464 e. The van der Waals surface area contributed by atoms with Gasteiger partial charge >= 0.3 is 5.97 Å². The van der Waals surface area contributed by atoms with Crippen LogP contribution < -0.4 is 5.73 Å². The third-order valence-electron chi connectivity index (χ3n) is 1.62. The van der Waals surface area contributed by atoms with Gasteiger partial charge in [0.2, 0.25) is 0 Å². The van der Waals surface area contributed by atoms with Crippen LogP contribution in [-0.4, -0.2) is 35.5 Å². The molecule has 0 spiro atoms. The number of aliphatic imine (C=N–C) groups is 1. The lowest BCUT2D eigenvalue weighted by atomic mass is 10.3. The second-order valence-electron chi connectivity index (χ2n) is 2.83. The molecule has 14 heavy (non-hydrogen) atoms. The van der Waals surface area contributed by atoms with Crippen LogP contribution in [0.3, 0.4) is 0 Å². The molecule has 0 aromatic rings. The van der Waals surface area contributed by atoms with Crippen LogP contribution in [-0.2, 0) is 9.53 Å². The lowest BCUT2D eigenvalue weighted by Gasteiger charge is -2.04. The van der Waals surface area contributed by atoms with E-state index in [-0.39, 0.29) is 30.5 Å². The molecule has 6 heteroatoms. The van der Waals surface area contributed by atoms with E-state index in [4.69, 9.17) is 10.5 Å². The topological polar surface area (TPSA) is 64.7 Å². The van der Waals surface area contributed by atoms with Crippen LogP contribution in [0.5, 0.6) is 0 Å². The highest BCUT2D eigenvalue weighted by Crippen LogP contribution is 2.20. The summed E-state index contributed by atoms with van der Waals surface area (Å²) >= 11 is 1.54. The van der Waals surface area contributed by atoms with E-state index < -0.39 is 0 Å². The molecule has 0 amide bonds. The Kier molecular flexibility index (Phi) is 6.15. The first-order valence-electron chi connectivity index (χ1n) is 4.27. The maximum atomic E-state index is 11.2. The third-order valence-corrected chi connectivity index (χ3v) is 2.88. The number of halogens is 1. The monoisotopic (exact) mass is 238 g/mol. The van der Waals surface area contributed by atoms with Crippen LogP contribution in [0.15, 0.2) is 4.99 Å². The van der Waals surface area contributed by atoms with Gasteiger partial charge in [-0.2, -0.15) is 0 Å². The molecule has 1 heterocycles. The van der Waals surface area contributed by atoms with E-state index in [0.29, 0.717) is 12.4 Å². The first kappa shape index (κ1) is 13.7. The molecule has 0 radical (unpaired) electrons. The zero-order valence-corrected chi connectivity index (χ0v) is 9.86. The number of nitrogens with zero attached hydrogens (tertiary/aromatic N) is 1. The summed E-state index contributed by atoms with van der Waals surface area (Å²) in [6, 6.07) is -0.421. The largest absolute Gasteiger partial charge is 0.464 e. The predicted molar refractivity (Wildman–Crippen MR) is 61.2 cm³/mol. The number of carbonyl (C=O) groups excluding carboxylic acids is 1. The molecule has 1 aliphatic rings. The fraction of sp³-hybridized carbons (Fsp3) is 0.750. The molecule has 2 unspecified atom stereocenters. The summed E-state index contributed by atoms with van der Waals surface area (Å²) in [6.07, 6.45) is 0. The Labute approximate surface area is 94.1 Å². The molecule has 1 rings (SSSR count). The van der Waals surface area contributed by atoms with E-state index in [2.05, 4.69) is 4.99 Å². The van der Waals surface area contributed by atoms with E-state index >= 15 is 0 Å². The highest BCUT2D eigenvalue weighted by atomic mass is 35.5. The van der Waals surface area contributed by atoms with E-state index in [1.807, 2.05) is 6.92 Å². The van der Waals surface area contributed by atoms with Crippen LogP contribution in [0, 0.1) is 0 Å². The first-order valence-corrected chi connectivity index (χ1v) is 5.26. The van der Waals surface area contributed by atoms with Gasteiger partial charge in [-0.05, 0) is 13.8 Å². The lowest BCUT2D eigenvalue weighted by Crippen LogP contribution is -2.24. The van der Waals surface area contributed by atoms with Crippen molar-refractivity contribution in [2.24, 2.45) is 10.7 Å². The Bertz CT molecular complexity index is 233. The minimum absolute atomic E-state index is 0. The molecule has 1 aliphatic heterocycles. The highest BCUT2D eigenvalue weighted by molar-refractivity contribution is 8.14. The average molecular weight is 239 g/mol.